The molecule has 17 heavy (non-hydrogen) atoms. The third kappa shape index (κ3) is 2.72. The summed E-state index contributed by atoms with van der Waals surface area (Å²) >= 11 is 1.13. The van der Waals surface area contributed by atoms with Crippen molar-refractivity contribution in [3.8, 4) is 0 Å². The third-order valence-corrected chi connectivity index (χ3v) is 6.23. The van der Waals surface area contributed by atoms with Gasteiger partial charge in [-0.2, -0.15) is 0 Å². The summed E-state index contributed by atoms with van der Waals surface area (Å²) in [6.07, 6.45) is 0. The number of hydrogen-bond donors (Lipinski definition) is 0. The molecule has 0 unspecified atom stereocenters. The van der Waals surface area contributed by atoms with Gasteiger partial charge in [0.2, 0.25) is 0 Å². The van der Waals surface area contributed by atoms with Gasteiger partial charge in [-0.15, -0.1) is 0 Å². The van der Waals surface area contributed by atoms with Crippen LogP contribution < -0.4 is 0 Å². The molecule has 0 atom stereocenters. The van der Waals surface area contributed by atoms with Crippen molar-refractivity contribution in [3.05, 3.63) is 42.5 Å². The fraction of sp³-hybridized carbons (Fsp3) is 0.167. The highest BCUT2D eigenvalue weighted by atomic mass is 32.7. The molecule has 0 aromatic heterocycles. The van der Waals surface area contributed by atoms with E-state index in [1.165, 1.54) is 14.2 Å². The zero-order valence-electron chi connectivity index (χ0n) is 9.62. The first kappa shape index (κ1) is 12.7. The maximum atomic E-state index is 12.1. The smallest absolute Gasteiger partial charge is 0.304 e. The van der Waals surface area contributed by atoms with E-state index in [1.807, 2.05) is 42.5 Å². The largest absolute Gasteiger partial charge is 0.393 e. The van der Waals surface area contributed by atoms with Gasteiger partial charge in [-0.25, -0.2) is 4.57 Å². The maximum absolute atomic E-state index is 12.1. The van der Waals surface area contributed by atoms with Crippen LogP contribution in [-0.4, -0.2) is 14.2 Å². The standard InChI is InChI=1S/C12H13O3PS/c1-14-16(13,15-2)17-12-9-5-7-10-6-3-4-8-11(10)12/h3-9H,1-2H3. The summed E-state index contributed by atoms with van der Waals surface area (Å²) in [4.78, 5) is 0.898. The van der Waals surface area contributed by atoms with Crippen molar-refractivity contribution in [2.75, 3.05) is 14.2 Å². The van der Waals surface area contributed by atoms with E-state index in [0.29, 0.717) is 0 Å². The van der Waals surface area contributed by atoms with E-state index >= 15 is 0 Å². The molecule has 90 valence electrons. The van der Waals surface area contributed by atoms with Crippen molar-refractivity contribution in [2.24, 2.45) is 0 Å². The Hall–Kier alpha value is -0.800. The summed E-state index contributed by atoms with van der Waals surface area (Å²) in [5.74, 6) is 0. The predicted octanol–water partition coefficient (Wildman–Crippen LogP) is 4.33. The molecule has 2 aromatic rings. The molecule has 0 N–H and O–H groups in total. The third-order valence-electron chi connectivity index (χ3n) is 2.41. The minimum atomic E-state index is -3.09. The van der Waals surface area contributed by atoms with Crippen LogP contribution in [-0.2, 0) is 13.6 Å². The first-order valence-electron chi connectivity index (χ1n) is 5.07. The van der Waals surface area contributed by atoms with E-state index < -0.39 is 6.80 Å². The molecule has 0 heterocycles. The second-order valence-corrected chi connectivity index (χ2v) is 7.52. The summed E-state index contributed by atoms with van der Waals surface area (Å²) in [5.41, 5.74) is 0. The molecule has 0 saturated carbocycles. The first-order valence-corrected chi connectivity index (χ1v) is 8.04. The maximum Gasteiger partial charge on any atom is 0.393 e. The second kappa shape index (κ2) is 5.23. The Morgan fingerprint density at radius 2 is 1.65 bits per heavy atom. The van der Waals surface area contributed by atoms with Crippen molar-refractivity contribution in [3.63, 3.8) is 0 Å². The van der Waals surface area contributed by atoms with Crippen LogP contribution in [0.1, 0.15) is 0 Å². The molecule has 0 aliphatic rings. The van der Waals surface area contributed by atoms with E-state index in [0.717, 1.165) is 27.0 Å². The Morgan fingerprint density at radius 3 is 2.35 bits per heavy atom. The van der Waals surface area contributed by atoms with Gasteiger partial charge >= 0.3 is 6.80 Å². The van der Waals surface area contributed by atoms with E-state index in [9.17, 15) is 4.57 Å². The lowest BCUT2D eigenvalue weighted by Gasteiger charge is -2.13. The molecule has 3 nitrogen and oxygen atoms in total. The lowest BCUT2D eigenvalue weighted by Crippen LogP contribution is -1.84. The van der Waals surface area contributed by atoms with E-state index in [4.69, 9.17) is 9.05 Å². The summed E-state index contributed by atoms with van der Waals surface area (Å²) in [6, 6.07) is 13.8. The summed E-state index contributed by atoms with van der Waals surface area (Å²) < 4.78 is 22.0. The van der Waals surface area contributed by atoms with Crippen molar-refractivity contribution in [1.29, 1.82) is 0 Å². The van der Waals surface area contributed by atoms with Crippen LogP contribution >= 0.6 is 18.2 Å². The van der Waals surface area contributed by atoms with Crippen LogP contribution in [0.3, 0.4) is 0 Å². The average molecular weight is 268 g/mol. The molecular weight excluding hydrogens is 255 g/mol. The summed E-state index contributed by atoms with van der Waals surface area (Å²) in [5, 5.41) is 2.16. The molecule has 0 aliphatic heterocycles. The Balaban J connectivity index is 2.46. The number of benzene rings is 2. The molecule has 0 spiro atoms. The van der Waals surface area contributed by atoms with Gasteiger partial charge in [-0.05, 0) is 28.2 Å². The number of rotatable bonds is 4. The van der Waals surface area contributed by atoms with Crippen LogP contribution in [0.15, 0.2) is 47.4 Å². The monoisotopic (exact) mass is 268 g/mol. The molecule has 0 fully saturated rings. The fourth-order valence-electron chi connectivity index (χ4n) is 1.54. The van der Waals surface area contributed by atoms with Gasteiger partial charge < -0.3 is 9.05 Å². The lowest BCUT2D eigenvalue weighted by molar-refractivity contribution is 0.295. The molecule has 0 amide bonds. The van der Waals surface area contributed by atoms with Gasteiger partial charge in [0.25, 0.3) is 0 Å². The van der Waals surface area contributed by atoms with Crippen LogP contribution in [0.2, 0.25) is 0 Å². The molecule has 0 bridgehead atoms. The second-order valence-electron chi connectivity index (χ2n) is 3.38. The van der Waals surface area contributed by atoms with Crippen LogP contribution in [0, 0.1) is 0 Å². The van der Waals surface area contributed by atoms with E-state index in [2.05, 4.69) is 0 Å². The molecule has 0 saturated heterocycles. The molecule has 0 aliphatic carbocycles. The first-order chi connectivity index (χ1) is 8.18. The van der Waals surface area contributed by atoms with Crippen molar-refractivity contribution >= 4 is 29.0 Å². The van der Waals surface area contributed by atoms with Crippen LogP contribution in [0.5, 0.6) is 0 Å². The van der Waals surface area contributed by atoms with Gasteiger partial charge in [-0.1, -0.05) is 36.4 Å². The zero-order chi connectivity index (χ0) is 12.3. The van der Waals surface area contributed by atoms with E-state index in [1.54, 1.807) is 0 Å². The highest BCUT2D eigenvalue weighted by Gasteiger charge is 2.23. The number of fused-ring (bicyclic) bond motifs is 1. The van der Waals surface area contributed by atoms with Gasteiger partial charge in [-0.3, -0.25) is 0 Å². The zero-order valence-corrected chi connectivity index (χ0v) is 11.3. The van der Waals surface area contributed by atoms with Gasteiger partial charge in [0.1, 0.15) is 0 Å². The van der Waals surface area contributed by atoms with Crippen LogP contribution in [0.25, 0.3) is 10.8 Å². The van der Waals surface area contributed by atoms with E-state index in [-0.39, 0.29) is 0 Å². The number of hydrogen-bond acceptors (Lipinski definition) is 4. The van der Waals surface area contributed by atoms with Gasteiger partial charge in [0, 0.05) is 19.1 Å². The Bertz CT molecular complexity index is 557. The normalized spacial score (nSPS) is 11.9. The average Bonchev–Trinajstić information content (AvgIpc) is 2.39. The molecule has 2 aromatic carbocycles. The minimum Gasteiger partial charge on any atom is -0.304 e. The fourth-order valence-corrected chi connectivity index (χ4v) is 4.16. The molecule has 5 heteroatoms. The highest BCUT2D eigenvalue weighted by Crippen LogP contribution is 2.63. The predicted molar refractivity (Wildman–Crippen MR) is 71.4 cm³/mol. The quantitative estimate of drug-likeness (QED) is 0.773. The Labute approximate surface area is 104 Å². The van der Waals surface area contributed by atoms with Crippen molar-refractivity contribution in [1.82, 2.24) is 0 Å². The molecular formula is C12H13O3PS. The minimum absolute atomic E-state index is 0.898. The van der Waals surface area contributed by atoms with Gasteiger partial charge in [0.05, 0.1) is 0 Å². The Kier molecular flexibility index (Phi) is 3.89. The van der Waals surface area contributed by atoms with Crippen LogP contribution in [0.4, 0.5) is 0 Å². The summed E-state index contributed by atoms with van der Waals surface area (Å²) in [7, 11) is 2.78. The Morgan fingerprint density at radius 1 is 1.00 bits per heavy atom. The summed E-state index contributed by atoms with van der Waals surface area (Å²) in [6.45, 7) is -3.09. The lowest BCUT2D eigenvalue weighted by atomic mass is 10.1. The molecule has 2 rings (SSSR count). The van der Waals surface area contributed by atoms with Gasteiger partial charge in [0.15, 0.2) is 0 Å². The topological polar surface area (TPSA) is 35.5 Å². The molecule has 0 radical (unpaired) electrons. The highest BCUT2D eigenvalue weighted by molar-refractivity contribution is 8.55. The van der Waals surface area contributed by atoms with Crippen molar-refractivity contribution in [2.45, 2.75) is 4.90 Å². The van der Waals surface area contributed by atoms with Crippen molar-refractivity contribution < 1.29 is 13.6 Å². The SMILES string of the molecule is COP(=O)(OC)Sc1cccc2ccccc12.